The second kappa shape index (κ2) is 11.1. The van der Waals surface area contributed by atoms with Crippen LogP contribution in [0, 0.1) is 12.8 Å². The van der Waals surface area contributed by atoms with Crippen LogP contribution in [0.4, 0.5) is 0 Å². The van der Waals surface area contributed by atoms with Gasteiger partial charge in [-0.05, 0) is 5.92 Å². The fraction of sp³-hybridized carbons (Fsp3) is 0.833. The predicted octanol–water partition coefficient (Wildman–Crippen LogP) is -1.12. The summed E-state index contributed by atoms with van der Waals surface area (Å²) in [6.07, 6.45) is 2.34. The number of hydrogen-bond acceptors (Lipinski definition) is 0. The maximum Gasteiger partial charge on any atom is 2.00 e. The molecule has 0 unspecified atom stereocenters. The molecule has 0 aliphatic heterocycles. The molecule has 8 heavy (non-hydrogen) atoms. The van der Waals surface area contributed by atoms with Gasteiger partial charge in [-0.25, -0.2) is 0 Å². The van der Waals surface area contributed by atoms with Crippen LogP contribution < -0.4 is 17.0 Å². The molecule has 0 bridgehead atoms. The van der Waals surface area contributed by atoms with Gasteiger partial charge in [-0.1, -0.05) is 20.3 Å². The van der Waals surface area contributed by atoms with E-state index in [1.165, 1.54) is 6.42 Å². The Labute approximate surface area is 79.3 Å². The topological polar surface area (TPSA) is 0 Å². The largest absolute Gasteiger partial charge is 2.00 e. The Morgan fingerprint density at radius 2 is 1.75 bits per heavy atom. The van der Waals surface area contributed by atoms with Crippen molar-refractivity contribution < 1.29 is 17.0 Å². The van der Waals surface area contributed by atoms with Crippen molar-refractivity contribution in [3.8, 4) is 0 Å². The normalized spacial score (nSPS) is 7.50. The predicted molar refractivity (Wildman–Crippen MR) is 35.2 cm³/mol. The second-order valence-electron chi connectivity index (χ2n) is 2.04. The van der Waals surface area contributed by atoms with Gasteiger partial charge in [0.1, 0.15) is 0 Å². The van der Waals surface area contributed by atoms with E-state index in [-0.39, 0.29) is 40.0 Å². The van der Waals surface area contributed by atoms with E-state index in [1.807, 2.05) is 0 Å². The fourth-order valence-electron chi connectivity index (χ4n) is 0.408. The average molecular weight is 189 g/mol. The van der Waals surface area contributed by atoms with Gasteiger partial charge in [-0.2, -0.15) is 6.42 Å². The molecule has 0 nitrogen and oxygen atoms in total. The van der Waals surface area contributed by atoms with Crippen molar-refractivity contribution in [3.63, 3.8) is 0 Å². The van der Waals surface area contributed by atoms with E-state index in [4.69, 9.17) is 0 Å². The molecule has 0 saturated heterocycles. The monoisotopic (exact) mass is 188 g/mol. The van der Waals surface area contributed by atoms with Gasteiger partial charge in [0.2, 0.25) is 0 Å². The van der Waals surface area contributed by atoms with E-state index in [0.717, 1.165) is 12.3 Å². The van der Waals surface area contributed by atoms with Gasteiger partial charge in [-0.15, -0.1) is 0 Å². The van der Waals surface area contributed by atoms with Crippen molar-refractivity contribution in [2.75, 3.05) is 0 Å². The van der Waals surface area contributed by atoms with E-state index in [9.17, 15) is 0 Å². The smallest absolute Gasteiger partial charge is 1.00 e. The Hall–Kier alpha value is 1.25. The fourth-order valence-corrected chi connectivity index (χ4v) is 0.408. The van der Waals surface area contributed by atoms with Crippen molar-refractivity contribution >= 4 is 23.1 Å². The molecule has 0 aliphatic rings. The minimum atomic E-state index is 0. The SMILES string of the molecule is [Br-].[CH2-]CCC(C)C.[Mg+2]. The first-order valence-corrected chi connectivity index (χ1v) is 2.56. The van der Waals surface area contributed by atoms with Crippen LogP contribution in [0.15, 0.2) is 0 Å². The first kappa shape index (κ1) is 16.1. The zero-order valence-electron chi connectivity index (χ0n) is 5.78. The molecule has 0 saturated carbocycles. The molecule has 0 aromatic heterocycles. The third-order valence-electron chi connectivity index (χ3n) is 0.781. The molecular formula is C6H13BrMg. The van der Waals surface area contributed by atoms with Gasteiger partial charge < -0.3 is 23.9 Å². The molecule has 0 aromatic carbocycles. The molecule has 0 amide bonds. The minimum absolute atomic E-state index is 0. The van der Waals surface area contributed by atoms with E-state index < -0.39 is 0 Å². The minimum Gasteiger partial charge on any atom is -1.00 e. The molecule has 0 aliphatic carbocycles. The summed E-state index contributed by atoms with van der Waals surface area (Å²) >= 11 is 0. The van der Waals surface area contributed by atoms with Crippen LogP contribution >= 0.6 is 0 Å². The number of halogens is 1. The molecule has 0 radical (unpaired) electrons. The quantitative estimate of drug-likeness (QED) is 0.381. The zero-order valence-corrected chi connectivity index (χ0v) is 8.78. The third kappa shape index (κ3) is 15.7. The maximum atomic E-state index is 3.73. The summed E-state index contributed by atoms with van der Waals surface area (Å²) in [5.74, 6) is 0.836. The molecule has 0 heterocycles. The molecule has 0 aromatic rings. The van der Waals surface area contributed by atoms with Crippen LogP contribution in [0.2, 0.25) is 0 Å². The van der Waals surface area contributed by atoms with Crippen molar-refractivity contribution in [3.05, 3.63) is 6.92 Å². The Morgan fingerprint density at radius 3 is 1.75 bits per heavy atom. The van der Waals surface area contributed by atoms with Crippen LogP contribution in [0.1, 0.15) is 26.7 Å². The first-order chi connectivity index (χ1) is 2.77. The zero-order chi connectivity index (χ0) is 4.99. The molecule has 46 valence electrons. The van der Waals surface area contributed by atoms with E-state index >= 15 is 0 Å². The van der Waals surface area contributed by atoms with E-state index in [1.54, 1.807) is 0 Å². The summed E-state index contributed by atoms with van der Waals surface area (Å²) in [6, 6.07) is 0. The van der Waals surface area contributed by atoms with Crippen molar-refractivity contribution in [1.29, 1.82) is 0 Å². The molecule has 0 atom stereocenters. The Bertz CT molecular complexity index is 29.7. The summed E-state index contributed by atoms with van der Waals surface area (Å²) < 4.78 is 0. The summed E-state index contributed by atoms with van der Waals surface area (Å²) in [6.45, 7) is 8.15. The van der Waals surface area contributed by atoms with Crippen LogP contribution in [-0.2, 0) is 0 Å². The third-order valence-corrected chi connectivity index (χ3v) is 0.781. The summed E-state index contributed by atoms with van der Waals surface area (Å²) in [4.78, 5) is 0. The number of hydrogen-bond donors (Lipinski definition) is 0. The van der Waals surface area contributed by atoms with Gasteiger partial charge in [0, 0.05) is 0 Å². The molecule has 0 spiro atoms. The van der Waals surface area contributed by atoms with Gasteiger partial charge >= 0.3 is 23.1 Å². The van der Waals surface area contributed by atoms with Crippen molar-refractivity contribution in [2.24, 2.45) is 5.92 Å². The maximum absolute atomic E-state index is 3.73. The van der Waals surface area contributed by atoms with Gasteiger partial charge in [0.05, 0.1) is 0 Å². The van der Waals surface area contributed by atoms with Gasteiger partial charge in [-0.3, -0.25) is 0 Å². The summed E-state index contributed by atoms with van der Waals surface area (Å²) in [5, 5.41) is 0. The Kier molecular flexibility index (Phi) is 22.4. The van der Waals surface area contributed by atoms with E-state index in [2.05, 4.69) is 20.8 Å². The second-order valence-corrected chi connectivity index (χ2v) is 2.04. The Morgan fingerprint density at radius 1 is 1.38 bits per heavy atom. The Balaban J connectivity index is -0.000000125. The summed E-state index contributed by atoms with van der Waals surface area (Å²) in [5.41, 5.74) is 0. The van der Waals surface area contributed by atoms with Crippen LogP contribution in [0.5, 0.6) is 0 Å². The first-order valence-electron chi connectivity index (χ1n) is 2.56. The standard InChI is InChI=1S/C6H13.BrH.Mg/c1-4-5-6(2)3;;/h6H,1,4-5H2,2-3H3;1H;/q-1;;+2/p-1. The molecular weight excluding hydrogens is 176 g/mol. The van der Waals surface area contributed by atoms with E-state index in [0.29, 0.717) is 0 Å². The van der Waals surface area contributed by atoms with Crippen molar-refractivity contribution in [1.82, 2.24) is 0 Å². The average Bonchev–Trinajstić information content (AvgIpc) is 1.35. The number of rotatable bonds is 2. The van der Waals surface area contributed by atoms with Crippen LogP contribution in [-0.4, -0.2) is 23.1 Å². The van der Waals surface area contributed by atoms with Gasteiger partial charge in [0.25, 0.3) is 0 Å². The molecule has 0 rings (SSSR count). The summed E-state index contributed by atoms with van der Waals surface area (Å²) in [7, 11) is 0. The van der Waals surface area contributed by atoms with Crippen LogP contribution in [0.25, 0.3) is 0 Å². The van der Waals surface area contributed by atoms with Crippen LogP contribution in [0.3, 0.4) is 0 Å². The molecule has 2 heteroatoms. The molecule has 0 N–H and O–H groups in total. The van der Waals surface area contributed by atoms with Crippen molar-refractivity contribution in [2.45, 2.75) is 26.7 Å². The van der Waals surface area contributed by atoms with Gasteiger partial charge in [0.15, 0.2) is 0 Å². The molecule has 0 fully saturated rings.